The minimum atomic E-state index is -5.69. The van der Waals surface area contributed by atoms with Gasteiger partial charge in [0.05, 0.1) is 0 Å². The third-order valence-corrected chi connectivity index (χ3v) is 1.47. The predicted octanol–water partition coefficient (Wildman–Crippen LogP) is 3.57. The van der Waals surface area contributed by atoms with Gasteiger partial charge in [0, 0.05) is 0 Å². The van der Waals surface area contributed by atoms with Crippen LogP contribution >= 0.6 is 0 Å². The maximum atomic E-state index is 12.3. The largest absolute Gasteiger partial charge is 0.422 e. The highest BCUT2D eigenvalue weighted by atomic mass is 19.4. The van der Waals surface area contributed by atoms with Crippen LogP contribution < -0.4 is 0 Å². The second-order valence-electron chi connectivity index (χ2n) is 2.39. The topological polar surface area (TPSA) is 0 Å². The normalized spacial score (nSPS) is 22.3. The third-order valence-electron chi connectivity index (χ3n) is 1.47. The average molecular weight is 224 g/mol. The summed E-state index contributed by atoms with van der Waals surface area (Å²) < 4.78 is 96.0. The number of rotatable bonds is 0. The summed E-state index contributed by atoms with van der Waals surface area (Å²) in [5.41, 5.74) is -2.89. The molecule has 14 heavy (non-hydrogen) atoms. The summed E-state index contributed by atoms with van der Waals surface area (Å²) in [5.74, 6) is -14.3. The van der Waals surface area contributed by atoms with Crippen molar-refractivity contribution in [3.63, 3.8) is 0 Å². The molecule has 0 unspecified atom stereocenters. The van der Waals surface area contributed by atoms with Crippen molar-refractivity contribution < 1.29 is 35.1 Å². The Kier molecular flexibility index (Phi) is 2.13. The molecular weight excluding hydrogens is 224 g/mol. The molecule has 0 heterocycles. The van der Waals surface area contributed by atoms with Gasteiger partial charge in [-0.3, -0.25) is 0 Å². The van der Waals surface area contributed by atoms with Crippen molar-refractivity contribution in [1.82, 2.24) is 0 Å². The van der Waals surface area contributed by atoms with E-state index in [-0.39, 0.29) is 0 Å². The fraction of sp³-hybridized carbons (Fsp3) is 0.333. The van der Waals surface area contributed by atoms with Gasteiger partial charge in [0.15, 0.2) is 11.7 Å². The van der Waals surface area contributed by atoms with Crippen molar-refractivity contribution in [3.05, 3.63) is 23.1 Å². The van der Waals surface area contributed by atoms with Crippen LogP contribution in [-0.4, -0.2) is 12.1 Å². The molecule has 0 N–H and O–H groups in total. The Labute approximate surface area is 71.5 Å². The van der Waals surface area contributed by atoms with Crippen molar-refractivity contribution >= 4 is 0 Å². The highest BCUT2D eigenvalue weighted by Crippen LogP contribution is 2.51. The molecule has 0 radical (unpaired) electrons. The van der Waals surface area contributed by atoms with Crippen molar-refractivity contribution in [2.75, 3.05) is 0 Å². The molecular formula is C6F8. The molecule has 0 aromatic carbocycles. The molecule has 1 rings (SSSR count). The fourth-order valence-corrected chi connectivity index (χ4v) is 0.846. The lowest BCUT2D eigenvalue weighted by Gasteiger charge is -2.08. The number of hydrogen-bond donors (Lipinski definition) is 0. The van der Waals surface area contributed by atoms with Crippen LogP contribution in [0.2, 0.25) is 0 Å². The summed E-state index contributed by atoms with van der Waals surface area (Å²) >= 11 is 0. The Balaban J connectivity index is 3.39. The molecule has 0 saturated carbocycles. The Morgan fingerprint density at radius 3 is 1.43 bits per heavy atom. The first-order valence-electron chi connectivity index (χ1n) is 3.01. The molecule has 0 saturated heterocycles. The van der Waals surface area contributed by atoms with Crippen LogP contribution in [0.15, 0.2) is 23.1 Å². The SMILES string of the molecule is FC1=C(F)C(F)(F)C(F)=C1C(F)(F)F. The van der Waals surface area contributed by atoms with E-state index in [1.807, 2.05) is 0 Å². The molecule has 8 heteroatoms. The van der Waals surface area contributed by atoms with Gasteiger partial charge in [-0.15, -0.1) is 0 Å². The summed E-state index contributed by atoms with van der Waals surface area (Å²) in [7, 11) is 0. The molecule has 0 aromatic rings. The molecule has 1 aliphatic carbocycles. The van der Waals surface area contributed by atoms with Crippen molar-refractivity contribution in [3.8, 4) is 0 Å². The molecule has 0 amide bonds. The zero-order valence-electron chi connectivity index (χ0n) is 6.02. The fourth-order valence-electron chi connectivity index (χ4n) is 0.846. The summed E-state index contributed by atoms with van der Waals surface area (Å²) in [4.78, 5) is 0. The quantitative estimate of drug-likeness (QED) is 0.551. The van der Waals surface area contributed by atoms with Crippen LogP contribution in [0.25, 0.3) is 0 Å². The number of allylic oxidation sites excluding steroid dienone is 4. The minimum absolute atomic E-state index is 2.89. The van der Waals surface area contributed by atoms with E-state index in [1.54, 1.807) is 0 Å². The monoisotopic (exact) mass is 224 g/mol. The lowest BCUT2D eigenvalue weighted by molar-refractivity contribution is -0.0942. The highest BCUT2D eigenvalue weighted by Gasteiger charge is 2.58. The van der Waals surface area contributed by atoms with E-state index in [9.17, 15) is 35.1 Å². The van der Waals surface area contributed by atoms with E-state index in [4.69, 9.17) is 0 Å². The van der Waals surface area contributed by atoms with Crippen LogP contribution in [0.1, 0.15) is 0 Å². The lowest BCUT2D eigenvalue weighted by Crippen LogP contribution is -2.17. The molecule has 0 aliphatic heterocycles. The maximum absolute atomic E-state index is 12.3. The van der Waals surface area contributed by atoms with Crippen molar-refractivity contribution in [2.45, 2.75) is 12.1 Å². The van der Waals surface area contributed by atoms with Gasteiger partial charge in [-0.2, -0.15) is 22.0 Å². The molecule has 0 spiro atoms. The van der Waals surface area contributed by atoms with Crippen molar-refractivity contribution in [1.29, 1.82) is 0 Å². The number of halogens is 8. The van der Waals surface area contributed by atoms with Gasteiger partial charge in [-0.1, -0.05) is 0 Å². The van der Waals surface area contributed by atoms with E-state index >= 15 is 0 Å². The number of alkyl halides is 5. The van der Waals surface area contributed by atoms with Gasteiger partial charge in [0.25, 0.3) is 0 Å². The van der Waals surface area contributed by atoms with Gasteiger partial charge in [0.1, 0.15) is 5.57 Å². The van der Waals surface area contributed by atoms with E-state index in [0.29, 0.717) is 0 Å². The highest BCUT2D eigenvalue weighted by molar-refractivity contribution is 5.47. The minimum Gasteiger partial charge on any atom is -0.204 e. The van der Waals surface area contributed by atoms with Gasteiger partial charge >= 0.3 is 12.1 Å². The average Bonchev–Trinajstić information content (AvgIpc) is 2.12. The molecule has 0 nitrogen and oxygen atoms in total. The summed E-state index contributed by atoms with van der Waals surface area (Å²) in [6, 6.07) is 0. The van der Waals surface area contributed by atoms with Crippen LogP contribution in [0, 0.1) is 0 Å². The second-order valence-corrected chi connectivity index (χ2v) is 2.39. The summed E-state index contributed by atoms with van der Waals surface area (Å²) in [6.07, 6.45) is -5.69. The Hall–Kier alpha value is -1.08. The molecule has 0 atom stereocenters. The van der Waals surface area contributed by atoms with Crippen LogP contribution in [-0.2, 0) is 0 Å². The first-order valence-corrected chi connectivity index (χ1v) is 3.01. The van der Waals surface area contributed by atoms with E-state index in [0.717, 1.165) is 0 Å². The second kappa shape index (κ2) is 2.71. The molecule has 0 bridgehead atoms. The Bertz CT molecular complexity index is 330. The van der Waals surface area contributed by atoms with E-state index < -0.39 is 35.2 Å². The van der Waals surface area contributed by atoms with Gasteiger partial charge in [-0.05, 0) is 0 Å². The van der Waals surface area contributed by atoms with E-state index in [2.05, 4.69) is 0 Å². The van der Waals surface area contributed by atoms with Crippen molar-refractivity contribution in [2.24, 2.45) is 0 Å². The first-order chi connectivity index (χ1) is 6.10. The lowest BCUT2D eigenvalue weighted by atomic mass is 10.2. The first kappa shape index (κ1) is 11.0. The Morgan fingerprint density at radius 1 is 0.857 bits per heavy atom. The zero-order chi connectivity index (χ0) is 11.3. The maximum Gasteiger partial charge on any atom is 0.422 e. The molecule has 80 valence electrons. The third kappa shape index (κ3) is 1.28. The van der Waals surface area contributed by atoms with Crippen LogP contribution in [0.4, 0.5) is 35.1 Å². The van der Waals surface area contributed by atoms with Gasteiger partial charge < -0.3 is 0 Å². The summed E-state index contributed by atoms with van der Waals surface area (Å²) in [5, 5.41) is 0. The smallest absolute Gasteiger partial charge is 0.204 e. The Morgan fingerprint density at radius 2 is 1.29 bits per heavy atom. The van der Waals surface area contributed by atoms with Crippen LogP contribution in [0.5, 0.6) is 0 Å². The molecule has 0 fully saturated rings. The molecule has 1 aliphatic rings. The van der Waals surface area contributed by atoms with Crippen LogP contribution in [0.3, 0.4) is 0 Å². The van der Waals surface area contributed by atoms with E-state index in [1.165, 1.54) is 0 Å². The zero-order valence-corrected chi connectivity index (χ0v) is 6.02. The van der Waals surface area contributed by atoms with Gasteiger partial charge in [-0.25, -0.2) is 13.2 Å². The summed E-state index contributed by atoms with van der Waals surface area (Å²) in [6.45, 7) is 0. The number of hydrogen-bond acceptors (Lipinski definition) is 0. The van der Waals surface area contributed by atoms with Gasteiger partial charge in [0.2, 0.25) is 5.83 Å². The molecule has 0 aromatic heterocycles. The predicted molar refractivity (Wildman–Crippen MR) is 28.4 cm³/mol. The standard InChI is InChI=1S/C6F8/c7-2-1(6(12,13)14)3(8)5(10,11)4(2)9.